The summed E-state index contributed by atoms with van der Waals surface area (Å²) in [5.41, 5.74) is -1.57. The Hall–Kier alpha value is -2.02. The van der Waals surface area contributed by atoms with Crippen LogP contribution in [-0.2, 0) is 20.2 Å². The molecule has 0 saturated carbocycles. The smallest absolute Gasteiger partial charge is 0.349 e. The average Bonchev–Trinajstić information content (AvgIpc) is 2.95. The van der Waals surface area contributed by atoms with Crippen molar-refractivity contribution in [2.45, 2.75) is 12.3 Å². The third-order valence-electron chi connectivity index (χ3n) is 4.82. The second-order valence-electron chi connectivity index (χ2n) is 6.11. The molecule has 0 radical (unpaired) electrons. The van der Waals surface area contributed by atoms with E-state index in [1.54, 1.807) is 6.07 Å². The molecule has 5 nitrogen and oxygen atoms in total. The summed E-state index contributed by atoms with van der Waals surface area (Å²) >= 11 is 0. The van der Waals surface area contributed by atoms with Gasteiger partial charge in [0.1, 0.15) is 0 Å². The van der Waals surface area contributed by atoms with E-state index in [9.17, 15) is 23.5 Å². The van der Waals surface area contributed by atoms with Crippen molar-refractivity contribution in [1.82, 2.24) is 4.90 Å². The van der Waals surface area contributed by atoms with Crippen LogP contribution in [0.1, 0.15) is 12.0 Å². The zero-order valence-electron chi connectivity index (χ0n) is 12.4. The standard InChI is InChI=1S/C16H17F2NO4/c17-16(18,11-4-2-1-3-5-11)13(20)19-8-12-9-23-7-6-15(12,10-19)14(21)22/h1-5,12H,6-10H2,(H,21,22)/t12-,15+/m0/s1. The fraction of sp³-hybridized carbons (Fsp3) is 0.500. The number of carbonyl (C=O) groups excluding carboxylic acids is 1. The van der Waals surface area contributed by atoms with Crippen molar-refractivity contribution in [2.24, 2.45) is 11.3 Å². The third-order valence-corrected chi connectivity index (χ3v) is 4.82. The van der Waals surface area contributed by atoms with Crippen molar-refractivity contribution in [1.29, 1.82) is 0 Å². The van der Waals surface area contributed by atoms with E-state index in [1.165, 1.54) is 24.3 Å². The summed E-state index contributed by atoms with van der Waals surface area (Å²) in [5, 5.41) is 9.54. The molecule has 2 heterocycles. The van der Waals surface area contributed by atoms with E-state index >= 15 is 0 Å². The molecule has 124 valence electrons. The Bertz CT molecular complexity index is 622. The number of hydrogen-bond acceptors (Lipinski definition) is 3. The van der Waals surface area contributed by atoms with Gasteiger partial charge in [-0.2, -0.15) is 8.78 Å². The van der Waals surface area contributed by atoms with Crippen molar-refractivity contribution >= 4 is 11.9 Å². The first kappa shape index (κ1) is 15.9. The monoisotopic (exact) mass is 325 g/mol. The maximum Gasteiger partial charge on any atom is 0.349 e. The van der Waals surface area contributed by atoms with Crippen LogP contribution in [0.5, 0.6) is 0 Å². The van der Waals surface area contributed by atoms with Gasteiger partial charge in [0, 0.05) is 31.2 Å². The summed E-state index contributed by atoms with van der Waals surface area (Å²) in [7, 11) is 0. The number of rotatable bonds is 3. The summed E-state index contributed by atoms with van der Waals surface area (Å²) in [6, 6.07) is 6.85. The highest BCUT2D eigenvalue weighted by Gasteiger charge is 2.57. The maximum atomic E-state index is 14.4. The lowest BCUT2D eigenvalue weighted by Crippen LogP contribution is -2.46. The van der Waals surface area contributed by atoms with Crippen molar-refractivity contribution in [2.75, 3.05) is 26.3 Å². The fourth-order valence-electron chi connectivity index (χ4n) is 3.42. The van der Waals surface area contributed by atoms with Gasteiger partial charge in [0.15, 0.2) is 0 Å². The van der Waals surface area contributed by atoms with Crippen molar-refractivity contribution in [3.05, 3.63) is 35.9 Å². The van der Waals surface area contributed by atoms with E-state index in [2.05, 4.69) is 0 Å². The molecule has 1 N–H and O–H groups in total. The number of likely N-dealkylation sites (tertiary alicyclic amines) is 1. The van der Waals surface area contributed by atoms with E-state index in [4.69, 9.17) is 4.74 Å². The topological polar surface area (TPSA) is 66.8 Å². The third kappa shape index (κ3) is 2.49. The molecule has 2 aliphatic heterocycles. The first-order chi connectivity index (χ1) is 10.9. The molecule has 2 fully saturated rings. The largest absolute Gasteiger partial charge is 0.481 e. The zero-order chi connectivity index (χ0) is 16.7. The number of benzene rings is 1. The Labute approximate surface area is 131 Å². The van der Waals surface area contributed by atoms with Crippen LogP contribution >= 0.6 is 0 Å². The minimum atomic E-state index is -3.67. The summed E-state index contributed by atoms with van der Waals surface area (Å²) in [5.74, 6) is -6.53. The fourth-order valence-corrected chi connectivity index (χ4v) is 3.42. The molecule has 2 saturated heterocycles. The number of alkyl halides is 2. The van der Waals surface area contributed by atoms with Crippen LogP contribution in [0.4, 0.5) is 8.78 Å². The first-order valence-electron chi connectivity index (χ1n) is 7.42. The minimum absolute atomic E-state index is 0.0203. The van der Waals surface area contributed by atoms with Gasteiger partial charge in [-0.1, -0.05) is 30.3 Å². The van der Waals surface area contributed by atoms with Crippen LogP contribution in [-0.4, -0.2) is 48.2 Å². The van der Waals surface area contributed by atoms with E-state index in [0.29, 0.717) is 0 Å². The van der Waals surface area contributed by atoms with Gasteiger partial charge in [0.05, 0.1) is 12.0 Å². The molecule has 7 heteroatoms. The Morgan fingerprint density at radius 3 is 2.61 bits per heavy atom. The molecule has 1 amide bonds. The van der Waals surface area contributed by atoms with Crippen LogP contribution in [0, 0.1) is 11.3 Å². The number of aliphatic carboxylic acids is 1. The van der Waals surface area contributed by atoms with E-state index in [0.717, 1.165) is 4.90 Å². The van der Waals surface area contributed by atoms with Crippen LogP contribution in [0.3, 0.4) is 0 Å². The Morgan fingerprint density at radius 1 is 1.30 bits per heavy atom. The SMILES string of the molecule is O=C(N1C[C@H]2COCC[C@@]2(C(=O)O)C1)C(F)(F)c1ccccc1. The number of carbonyl (C=O) groups is 2. The summed E-state index contributed by atoms with van der Waals surface area (Å²) in [6.45, 7) is 0.220. The number of ether oxygens (including phenoxy) is 1. The quantitative estimate of drug-likeness (QED) is 0.919. The lowest BCUT2D eigenvalue weighted by Gasteiger charge is -2.33. The molecule has 1 aromatic rings. The molecule has 0 aliphatic carbocycles. The molecule has 23 heavy (non-hydrogen) atoms. The van der Waals surface area contributed by atoms with Gasteiger partial charge < -0.3 is 14.7 Å². The highest BCUT2D eigenvalue weighted by atomic mass is 19.3. The molecule has 0 unspecified atom stereocenters. The highest BCUT2D eigenvalue weighted by molar-refractivity contribution is 5.87. The molecule has 3 rings (SSSR count). The van der Waals surface area contributed by atoms with Crippen LogP contribution in [0.2, 0.25) is 0 Å². The normalized spacial score (nSPS) is 27.6. The van der Waals surface area contributed by atoms with E-state index in [1.807, 2.05) is 0 Å². The molecule has 2 aliphatic rings. The van der Waals surface area contributed by atoms with Gasteiger partial charge in [-0.25, -0.2) is 0 Å². The van der Waals surface area contributed by atoms with Gasteiger partial charge in [-0.3, -0.25) is 9.59 Å². The predicted octanol–water partition coefficient (Wildman–Crippen LogP) is 1.73. The molecule has 2 atom stereocenters. The molecular formula is C16H17F2NO4. The Kier molecular flexibility index (Phi) is 3.83. The van der Waals surface area contributed by atoms with Crippen LogP contribution in [0.15, 0.2) is 30.3 Å². The number of fused-ring (bicyclic) bond motifs is 1. The lowest BCUT2D eigenvalue weighted by atomic mass is 9.74. The number of amides is 1. The van der Waals surface area contributed by atoms with Crippen molar-refractivity contribution in [3.8, 4) is 0 Å². The molecular weight excluding hydrogens is 308 g/mol. The highest BCUT2D eigenvalue weighted by Crippen LogP contribution is 2.44. The van der Waals surface area contributed by atoms with Gasteiger partial charge in [0.25, 0.3) is 5.91 Å². The minimum Gasteiger partial charge on any atom is -0.481 e. The molecule has 0 aromatic heterocycles. The van der Waals surface area contributed by atoms with Gasteiger partial charge in [-0.15, -0.1) is 0 Å². The molecule has 1 aromatic carbocycles. The number of nitrogens with zero attached hydrogens (tertiary/aromatic N) is 1. The number of carboxylic acids is 1. The van der Waals surface area contributed by atoms with Gasteiger partial charge in [-0.05, 0) is 6.42 Å². The number of hydrogen-bond donors (Lipinski definition) is 1. The predicted molar refractivity (Wildman–Crippen MR) is 75.9 cm³/mol. The van der Waals surface area contributed by atoms with Gasteiger partial charge >= 0.3 is 11.9 Å². The number of carboxylic acid groups (broad SMARTS) is 1. The summed E-state index contributed by atoms with van der Waals surface area (Å²) in [6.07, 6.45) is 0.230. The maximum absolute atomic E-state index is 14.4. The molecule has 0 spiro atoms. The van der Waals surface area contributed by atoms with Crippen molar-refractivity contribution < 1.29 is 28.2 Å². The van der Waals surface area contributed by atoms with Crippen molar-refractivity contribution in [3.63, 3.8) is 0 Å². The summed E-state index contributed by atoms with van der Waals surface area (Å²) in [4.78, 5) is 25.0. The Balaban J connectivity index is 1.85. The second-order valence-corrected chi connectivity index (χ2v) is 6.11. The average molecular weight is 325 g/mol. The molecule has 0 bridgehead atoms. The Morgan fingerprint density at radius 2 is 2.00 bits per heavy atom. The van der Waals surface area contributed by atoms with E-state index in [-0.39, 0.29) is 38.3 Å². The number of halogens is 2. The zero-order valence-corrected chi connectivity index (χ0v) is 12.4. The summed E-state index contributed by atoms with van der Waals surface area (Å²) < 4.78 is 34.1. The van der Waals surface area contributed by atoms with E-state index < -0.39 is 29.1 Å². The second kappa shape index (κ2) is 5.56. The van der Waals surface area contributed by atoms with Crippen LogP contribution < -0.4 is 0 Å². The van der Waals surface area contributed by atoms with Gasteiger partial charge in [0.2, 0.25) is 0 Å². The lowest BCUT2D eigenvalue weighted by molar-refractivity contribution is -0.160. The van der Waals surface area contributed by atoms with Crippen LogP contribution in [0.25, 0.3) is 0 Å². The first-order valence-corrected chi connectivity index (χ1v) is 7.42.